The normalized spacial score (nSPS) is 11.6. The fraction of sp³-hybridized carbons (Fsp3) is 0.0476. The number of aryl methyl sites for hydroxylation is 1. The summed E-state index contributed by atoms with van der Waals surface area (Å²) in [6.45, 7) is 1.85. The number of hydrogen-bond donors (Lipinski definition) is 2. The molecule has 0 amide bonds. The third kappa shape index (κ3) is 3.57. The largest absolute Gasteiger partial charge is 0.355 e. The summed E-state index contributed by atoms with van der Waals surface area (Å²) < 4.78 is 40.9. The molecule has 0 fully saturated rings. The van der Waals surface area contributed by atoms with Gasteiger partial charge in [-0.2, -0.15) is 0 Å². The number of aromatic nitrogens is 1. The average molecular weight is 380 g/mol. The fourth-order valence-electron chi connectivity index (χ4n) is 2.97. The van der Waals surface area contributed by atoms with E-state index in [0.717, 1.165) is 27.7 Å². The highest BCUT2D eigenvalue weighted by Gasteiger charge is 2.14. The van der Waals surface area contributed by atoms with E-state index in [9.17, 15) is 12.8 Å². The molecular formula is C21H17FN2O2S. The molecule has 0 bridgehead atoms. The van der Waals surface area contributed by atoms with Gasteiger partial charge in [0.25, 0.3) is 10.0 Å². The van der Waals surface area contributed by atoms with E-state index < -0.39 is 10.0 Å². The Morgan fingerprint density at radius 2 is 1.70 bits per heavy atom. The van der Waals surface area contributed by atoms with Gasteiger partial charge in [0, 0.05) is 22.3 Å². The Labute approximate surface area is 156 Å². The second-order valence-corrected chi connectivity index (χ2v) is 8.10. The molecule has 0 saturated heterocycles. The van der Waals surface area contributed by atoms with Crippen LogP contribution in [0.5, 0.6) is 0 Å². The van der Waals surface area contributed by atoms with E-state index in [1.54, 1.807) is 36.4 Å². The lowest BCUT2D eigenvalue weighted by Crippen LogP contribution is -2.12. The van der Waals surface area contributed by atoms with Crippen molar-refractivity contribution in [1.82, 2.24) is 4.98 Å². The topological polar surface area (TPSA) is 62.0 Å². The average Bonchev–Trinajstić information content (AvgIpc) is 3.05. The van der Waals surface area contributed by atoms with E-state index in [1.165, 1.54) is 12.1 Å². The van der Waals surface area contributed by atoms with Gasteiger partial charge in [-0.25, -0.2) is 12.8 Å². The molecule has 0 radical (unpaired) electrons. The number of fused-ring (bicyclic) bond motifs is 1. The van der Waals surface area contributed by atoms with Gasteiger partial charge in [0.15, 0.2) is 0 Å². The van der Waals surface area contributed by atoms with E-state index in [2.05, 4.69) is 9.71 Å². The number of H-pyrrole nitrogens is 1. The molecule has 4 nitrogen and oxygen atoms in total. The summed E-state index contributed by atoms with van der Waals surface area (Å²) in [5, 5.41) is 0.786. The molecule has 0 spiro atoms. The number of sulfonamides is 1. The molecule has 1 heterocycles. The highest BCUT2D eigenvalue weighted by atomic mass is 32.2. The first-order valence-electron chi connectivity index (χ1n) is 8.39. The maximum absolute atomic E-state index is 13.3. The quantitative estimate of drug-likeness (QED) is 0.518. The Hall–Kier alpha value is -3.12. The Morgan fingerprint density at radius 1 is 0.926 bits per heavy atom. The van der Waals surface area contributed by atoms with Crippen LogP contribution >= 0.6 is 0 Å². The summed E-state index contributed by atoms with van der Waals surface area (Å²) >= 11 is 0. The van der Waals surface area contributed by atoms with Gasteiger partial charge in [-0.3, -0.25) is 4.72 Å². The van der Waals surface area contributed by atoms with Crippen LogP contribution in [0.15, 0.2) is 77.7 Å². The molecule has 0 aliphatic rings. The van der Waals surface area contributed by atoms with Gasteiger partial charge >= 0.3 is 0 Å². The minimum atomic E-state index is -3.64. The van der Waals surface area contributed by atoms with Gasteiger partial charge in [0.2, 0.25) is 0 Å². The van der Waals surface area contributed by atoms with Crippen molar-refractivity contribution < 1.29 is 12.8 Å². The van der Waals surface area contributed by atoms with E-state index in [-0.39, 0.29) is 10.7 Å². The number of aromatic amines is 1. The molecular weight excluding hydrogens is 363 g/mol. The lowest BCUT2D eigenvalue weighted by Gasteiger charge is -2.09. The summed E-state index contributed by atoms with van der Waals surface area (Å²) in [5.41, 5.74) is 3.91. The Bertz CT molecular complexity index is 1230. The first kappa shape index (κ1) is 17.3. The fourth-order valence-corrected chi connectivity index (χ4v) is 4.14. The Balaban J connectivity index is 1.60. The summed E-state index contributed by atoms with van der Waals surface area (Å²) in [6.07, 6.45) is 0. The maximum atomic E-state index is 13.3. The van der Waals surface area contributed by atoms with Gasteiger partial charge in [-0.05, 0) is 66.6 Å². The number of nitrogens with one attached hydrogen (secondary N) is 2. The molecule has 0 aliphatic heterocycles. The van der Waals surface area contributed by atoms with Crippen molar-refractivity contribution in [3.63, 3.8) is 0 Å². The van der Waals surface area contributed by atoms with Gasteiger partial charge in [0.1, 0.15) is 5.82 Å². The standard InChI is InChI=1S/C21H17FN2O2S/c1-14-3-2-4-19(11-14)27(25,26)24-18-8-5-15(6-9-18)21-13-16-12-17(22)7-10-20(16)23-21/h2-13,23-24H,1H3. The minimum Gasteiger partial charge on any atom is -0.355 e. The third-order valence-corrected chi connectivity index (χ3v) is 5.71. The molecule has 0 saturated carbocycles. The monoisotopic (exact) mass is 380 g/mol. The summed E-state index contributed by atoms with van der Waals surface area (Å²) in [4.78, 5) is 3.46. The molecule has 3 aromatic carbocycles. The first-order valence-corrected chi connectivity index (χ1v) is 9.87. The molecule has 0 aliphatic carbocycles. The van der Waals surface area contributed by atoms with E-state index in [1.807, 2.05) is 31.2 Å². The number of benzene rings is 3. The molecule has 1 aromatic heterocycles. The van der Waals surface area contributed by atoms with Gasteiger partial charge in [0.05, 0.1) is 4.90 Å². The van der Waals surface area contributed by atoms with Gasteiger partial charge in [-0.1, -0.05) is 24.3 Å². The number of hydrogen-bond acceptors (Lipinski definition) is 2. The zero-order valence-electron chi connectivity index (χ0n) is 14.5. The second kappa shape index (κ2) is 6.55. The molecule has 0 unspecified atom stereocenters. The highest BCUT2D eigenvalue weighted by Crippen LogP contribution is 2.26. The Kier molecular flexibility index (Phi) is 4.20. The molecule has 4 rings (SSSR count). The predicted octanol–water partition coefficient (Wildman–Crippen LogP) is 5.08. The van der Waals surface area contributed by atoms with Crippen molar-refractivity contribution in [3.05, 3.63) is 84.2 Å². The van der Waals surface area contributed by atoms with Crippen LogP contribution in [0.1, 0.15) is 5.56 Å². The molecule has 4 aromatic rings. The van der Waals surface area contributed by atoms with Crippen LogP contribution in [0.4, 0.5) is 10.1 Å². The number of anilines is 1. The molecule has 0 atom stereocenters. The molecule has 27 heavy (non-hydrogen) atoms. The zero-order valence-corrected chi connectivity index (χ0v) is 15.3. The summed E-state index contributed by atoms with van der Waals surface area (Å²) in [7, 11) is -3.64. The Morgan fingerprint density at radius 3 is 2.44 bits per heavy atom. The maximum Gasteiger partial charge on any atom is 0.261 e. The third-order valence-electron chi connectivity index (χ3n) is 4.33. The predicted molar refractivity (Wildman–Crippen MR) is 106 cm³/mol. The van der Waals surface area contributed by atoms with Crippen LogP contribution in [0.25, 0.3) is 22.2 Å². The zero-order chi connectivity index (χ0) is 19.0. The lowest BCUT2D eigenvalue weighted by atomic mass is 10.1. The van der Waals surface area contributed by atoms with Crippen LogP contribution in [-0.2, 0) is 10.0 Å². The first-order chi connectivity index (χ1) is 12.9. The van der Waals surface area contributed by atoms with E-state index in [0.29, 0.717) is 5.69 Å². The van der Waals surface area contributed by atoms with Crippen molar-refractivity contribution in [2.45, 2.75) is 11.8 Å². The van der Waals surface area contributed by atoms with Crippen molar-refractivity contribution in [2.75, 3.05) is 4.72 Å². The number of halogens is 1. The van der Waals surface area contributed by atoms with E-state index in [4.69, 9.17) is 0 Å². The second-order valence-electron chi connectivity index (χ2n) is 6.41. The summed E-state index contributed by atoms with van der Waals surface area (Å²) in [5.74, 6) is -0.283. The molecule has 136 valence electrons. The van der Waals surface area contributed by atoms with Crippen LogP contribution in [0, 0.1) is 12.7 Å². The minimum absolute atomic E-state index is 0.226. The van der Waals surface area contributed by atoms with E-state index >= 15 is 0 Å². The van der Waals surface area contributed by atoms with Crippen LogP contribution < -0.4 is 4.72 Å². The molecule has 6 heteroatoms. The number of rotatable bonds is 4. The van der Waals surface area contributed by atoms with Crippen molar-refractivity contribution in [3.8, 4) is 11.3 Å². The molecule has 2 N–H and O–H groups in total. The van der Waals surface area contributed by atoms with Crippen molar-refractivity contribution in [2.24, 2.45) is 0 Å². The van der Waals surface area contributed by atoms with Crippen molar-refractivity contribution in [1.29, 1.82) is 0 Å². The lowest BCUT2D eigenvalue weighted by molar-refractivity contribution is 0.601. The van der Waals surface area contributed by atoms with Crippen molar-refractivity contribution >= 4 is 26.6 Å². The van der Waals surface area contributed by atoms with Gasteiger partial charge in [-0.15, -0.1) is 0 Å². The van der Waals surface area contributed by atoms with Gasteiger partial charge < -0.3 is 4.98 Å². The smallest absolute Gasteiger partial charge is 0.261 e. The van der Waals surface area contributed by atoms with Crippen LogP contribution in [0.2, 0.25) is 0 Å². The van der Waals surface area contributed by atoms with Crippen LogP contribution in [0.3, 0.4) is 0 Å². The van der Waals surface area contributed by atoms with Crippen LogP contribution in [-0.4, -0.2) is 13.4 Å². The highest BCUT2D eigenvalue weighted by molar-refractivity contribution is 7.92. The SMILES string of the molecule is Cc1cccc(S(=O)(=O)Nc2ccc(-c3cc4cc(F)ccc4[nH]3)cc2)c1. The summed E-state index contributed by atoms with van der Waals surface area (Å²) in [6, 6.07) is 20.2.